The Kier molecular flexibility index (Phi) is 4.07. The Morgan fingerprint density at radius 2 is 2.22 bits per heavy atom. The third-order valence-electron chi connectivity index (χ3n) is 3.03. The number of nitrogens with one attached hydrogen (secondary N) is 1. The van der Waals surface area contributed by atoms with Crippen LogP contribution in [0.1, 0.15) is 5.56 Å². The molecular formula is C13H16N2O3. The first-order valence-electron chi connectivity index (χ1n) is 5.80. The molecule has 1 aromatic rings. The van der Waals surface area contributed by atoms with Crippen molar-refractivity contribution in [2.24, 2.45) is 0 Å². The lowest BCUT2D eigenvalue weighted by molar-refractivity contribution is -0.130. The highest BCUT2D eigenvalue weighted by molar-refractivity contribution is 6.27. The van der Waals surface area contributed by atoms with Crippen LogP contribution in [0, 0.1) is 0 Å². The van der Waals surface area contributed by atoms with Gasteiger partial charge in [-0.3, -0.25) is 19.8 Å². The average Bonchev–Trinajstić information content (AvgIpc) is 2.87. The van der Waals surface area contributed by atoms with E-state index in [0.717, 1.165) is 17.9 Å². The highest BCUT2D eigenvalue weighted by atomic mass is 16.5. The van der Waals surface area contributed by atoms with Crippen molar-refractivity contribution in [3.05, 3.63) is 29.8 Å². The Hall–Kier alpha value is -1.72. The van der Waals surface area contributed by atoms with Crippen molar-refractivity contribution >= 4 is 12.1 Å². The van der Waals surface area contributed by atoms with Gasteiger partial charge in [0.05, 0.1) is 13.2 Å². The number of benzene rings is 1. The standard InChI is InChI=1S/C13H16N2O3/c1-18-11-4-2-10(3-5-11)6-15-7-12(14-9-15)13(17)8-16/h2-5,8,12,14H,6-7,9H2,1H3. The van der Waals surface area contributed by atoms with Crippen LogP contribution in [0.3, 0.4) is 0 Å². The molecule has 0 bridgehead atoms. The summed E-state index contributed by atoms with van der Waals surface area (Å²) in [5, 5.41) is 3.02. The minimum Gasteiger partial charge on any atom is -0.497 e. The summed E-state index contributed by atoms with van der Waals surface area (Å²) in [6.45, 7) is 1.94. The number of aldehydes is 1. The molecule has 0 radical (unpaired) electrons. The van der Waals surface area contributed by atoms with Crippen LogP contribution in [0.2, 0.25) is 0 Å². The first kappa shape index (κ1) is 12.7. The van der Waals surface area contributed by atoms with Gasteiger partial charge in [-0.05, 0) is 17.7 Å². The molecular weight excluding hydrogens is 232 g/mol. The lowest BCUT2D eigenvalue weighted by atomic mass is 10.2. The number of hydrogen-bond acceptors (Lipinski definition) is 5. The first-order valence-corrected chi connectivity index (χ1v) is 5.80. The van der Waals surface area contributed by atoms with E-state index in [9.17, 15) is 9.59 Å². The van der Waals surface area contributed by atoms with Crippen molar-refractivity contribution in [2.45, 2.75) is 12.6 Å². The zero-order chi connectivity index (χ0) is 13.0. The number of rotatable bonds is 5. The smallest absolute Gasteiger partial charge is 0.213 e. The molecule has 1 unspecified atom stereocenters. The maximum absolute atomic E-state index is 11.2. The predicted molar refractivity (Wildman–Crippen MR) is 66.3 cm³/mol. The summed E-state index contributed by atoms with van der Waals surface area (Å²) in [5.41, 5.74) is 1.15. The van der Waals surface area contributed by atoms with E-state index in [1.54, 1.807) is 7.11 Å². The van der Waals surface area contributed by atoms with Crippen LogP contribution in [0.5, 0.6) is 5.75 Å². The van der Waals surface area contributed by atoms with E-state index in [1.807, 2.05) is 24.3 Å². The van der Waals surface area contributed by atoms with Gasteiger partial charge in [0.1, 0.15) is 5.75 Å². The van der Waals surface area contributed by atoms with E-state index in [0.29, 0.717) is 19.5 Å². The van der Waals surface area contributed by atoms with Crippen LogP contribution < -0.4 is 10.1 Å². The molecule has 1 aliphatic heterocycles. The second kappa shape index (κ2) is 5.75. The van der Waals surface area contributed by atoms with E-state index < -0.39 is 0 Å². The maximum atomic E-state index is 11.2. The summed E-state index contributed by atoms with van der Waals surface area (Å²) in [7, 11) is 1.63. The number of carbonyl (C=O) groups is 2. The van der Waals surface area contributed by atoms with Crippen LogP contribution >= 0.6 is 0 Å². The van der Waals surface area contributed by atoms with Crippen molar-refractivity contribution in [3.8, 4) is 5.75 Å². The van der Waals surface area contributed by atoms with Gasteiger partial charge in [-0.25, -0.2) is 0 Å². The summed E-state index contributed by atoms with van der Waals surface area (Å²) < 4.78 is 5.09. The second-order valence-corrected chi connectivity index (χ2v) is 4.29. The minimum absolute atomic E-state index is 0.360. The fraction of sp³-hybridized carbons (Fsp3) is 0.385. The Bertz CT molecular complexity index is 430. The van der Waals surface area contributed by atoms with Crippen molar-refractivity contribution in [2.75, 3.05) is 20.3 Å². The minimum atomic E-state index is -0.382. The summed E-state index contributed by atoms with van der Waals surface area (Å²) in [6.07, 6.45) is 0.383. The van der Waals surface area contributed by atoms with Crippen molar-refractivity contribution in [3.63, 3.8) is 0 Å². The van der Waals surface area contributed by atoms with Gasteiger partial charge in [0, 0.05) is 19.8 Å². The Morgan fingerprint density at radius 1 is 1.50 bits per heavy atom. The number of ether oxygens (including phenoxy) is 1. The van der Waals surface area contributed by atoms with Crippen LogP contribution in [-0.4, -0.2) is 43.3 Å². The number of nitrogens with zero attached hydrogens (tertiary/aromatic N) is 1. The normalized spacial score (nSPS) is 19.7. The number of methoxy groups -OCH3 is 1. The number of carbonyl (C=O) groups excluding carboxylic acids is 2. The molecule has 18 heavy (non-hydrogen) atoms. The van der Waals surface area contributed by atoms with Crippen LogP contribution in [0.4, 0.5) is 0 Å². The number of hydrogen-bond donors (Lipinski definition) is 1. The Balaban J connectivity index is 1.90. The zero-order valence-electron chi connectivity index (χ0n) is 10.3. The van der Waals surface area contributed by atoms with Crippen LogP contribution in [0.15, 0.2) is 24.3 Å². The summed E-state index contributed by atoms with van der Waals surface area (Å²) >= 11 is 0. The zero-order valence-corrected chi connectivity index (χ0v) is 10.3. The molecule has 1 saturated heterocycles. The van der Waals surface area contributed by atoms with E-state index in [2.05, 4.69) is 10.2 Å². The van der Waals surface area contributed by atoms with E-state index in [1.165, 1.54) is 0 Å². The molecule has 1 N–H and O–H groups in total. The fourth-order valence-electron chi connectivity index (χ4n) is 2.01. The Morgan fingerprint density at radius 3 is 2.83 bits per heavy atom. The topological polar surface area (TPSA) is 58.6 Å². The quantitative estimate of drug-likeness (QED) is 0.595. The van der Waals surface area contributed by atoms with Crippen LogP contribution in [-0.2, 0) is 16.1 Å². The van der Waals surface area contributed by atoms with Gasteiger partial charge < -0.3 is 4.74 Å². The van der Waals surface area contributed by atoms with E-state index >= 15 is 0 Å². The molecule has 1 aliphatic rings. The van der Waals surface area contributed by atoms with Gasteiger partial charge in [-0.15, -0.1) is 0 Å². The molecule has 5 heteroatoms. The van der Waals surface area contributed by atoms with Crippen LogP contribution in [0.25, 0.3) is 0 Å². The first-order chi connectivity index (χ1) is 8.72. The maximum Gasteiger partial charge on any atom is 0.213 e. The highest BCUT2D eigenvalue weighted by Gasteiger charge is 2.26. The van der Waals surface area contributed by atoms with Gasteiger partial charge in [0.2, 0.25) is 5.78 Å². The molecule has 1 atom stereocenters. The van der Waals surface area contributed by atoms with Crippen molar-refractivity contribution < 1.29 is 14.3 Å². The lowest BCUT2D eigenvalue weighted by Gasteiger charge is -2.14. The Labute approximate surface area is 106 Å². The monoisotopic (exact) mass is 248 g/mol. The number of Topliss-reactive ketones (excluding diaryl/α,β-unsaturated/α-hetero) is 1. The van der Waals surface area contributed by atoms with Gasteiger partial charge in [0.25, 0.3) is 0 Å². The molecule has 1 aromatic carbocycles. The molecule has 0 amide bonds. The third-order valence-corrected chi connectivity index (χ3v) is 3.03. The SMILES string of the molecule is COc1ccc(CN2CNC(C(=O)C=O)C2)cc1. The molecule has 1 fully saturated rings. The average molecular weight is 248 g/mol. The number of ketones is 1. The largest absolute Gasteiger partial charge is 0.497 e. The molecule has 96 valence electrons. The fourth-order valence-corrected chi connectivity index (χ4v) is 2.01. The summed E-state index contributed by atoms with van der Waals surface area (Å²) in [4.78, 5) is 23.7. The molecule has 0 aromatic heterocycles. The molecule has 5 nitrogen and oxygen atoms in total. The van der Waals surface area contributed by atoms with E-state index in [-0.39, 0.29) is 11.8 Å². The third kappa shape index (κ3) is 2.94. The predicted octanol–water partition coefficient (Wildman–Crippen LogP) is 0.195. The van der Waals surface area contributed by atoms with Gasteiger partial charge in [-0.2, -0.15) is 0 Å². The molecule has 2 rings (SSSR count). The molecule has 1 heterocycles. The van der Waals surface area contributed by atoms with Crippen molar-refractivity contribution in [1.29, 1.82) is 0 Å². The molecule has 0 aliphatic carbocycles. The van der Waals surface area contributed by atoms with Gasteiger partial charge in [0.15, 0.2) is 6.29 Å². The lowest BCUT2D eigenvalue weighted by Crippen LogP contribution is -2.33. The summed E-state index contributed by atoms with van der Waals surface area (Å²) in [5.74, 6) is 0.444. The van der Waals surface area contributed by atoms with Crippen molar-refractivity contribution in [1.82, 2.24) is 10.2 Å². The second-order valence-electron chi connectivity index (χ2n) is 4.29. The molecule has 0 spiro atoms. The highest BCUT2D eigenvalue weighted by Crippen LogP contribution is 2.14. The van der Waals surface area contributed by atoms with Gasteiger partial charge >= 0.3 is 0 Å². The summed E-state index contributed by atoms with van der Waals surface area (Å²) in [6, 6.07) is 7.45. The molecule has 0 saturated carbocycles. The van der Waals surface area contributed by atoms with E-state index in [4.69, 9.17) is 4.74 Å². The van der Waals surface area contributed by atoms with Gasteiger partial charge in [-0.1, -0.05) is 12.1 Å².